The predicted molar refractivity (Wildman–Crippen MR) is 112 cm³/mol. The number of para-hydroxylation sites is 1. The van der Waals surface area contributed by atoms with Crippen molar-refractivity contribution in [3.05, 3.63) is 30.3 Å². The topological polar surface area (TPSA) is 12.5 Å². The molecule has 0 heterocycles. The second kappa shape index (κ2) is 15.3. The van der Waals surface area contributed by atoms with E-state index in [9.17, 15) is 0 Å². The van der Waals surface area contributed by atoms with Crippen LogP contribution in [0.15, 0.2) is 30.3 Å². The van der Waals surface area contributed by atoms with Crippen LogP contribution in [0, 0.1) is 5.92 Å². The predicted octanol–water partition coefficient (Wildman–Crippen LogP) is 6.70. The second-order valence-corrected chi connectivity index (χ2v) is 7.36. The molecule has 0 saturated heterocycles. The van der Waals surface area contributed by atoms with E-state index in [1.165, 1.54) is 63.5 Å². The Balaban J connectivity index is 1.98. The van der Waals surface area contributed by atoms with Crippen LogP contribution in [0.5, 0.6) is 0 Å². The fourth-order valence-corrected chi connectivity index (χ4v) is 3.28. The molecule has 0 amide bonds. The number of anilines is 1. The molecule has 1 aromatic carbocycles. The van der Waals surface area contributed by atoms with Gasteiger partial charge in [0.05, 0.1) is 6.61 Å². The molecule has 1 unspecified atom stereocenters. The molecule has 1 atom stereocenters. The zero-order chi connectivity index (χ0) is 18.2. The van der Waals surface area contributed by atoms with Crippen LogP contribution in [0.25, 0.3) is 0 Å². The number of hydrogen-bond donors (Lipinski definition) is 0. The van der Waals surface area contributed by atoms with Crippen LogP contribution < -0.4 is 4.90 Å². The summed E-state index contributed by atoms with van der Waals surface area (Å²) < 4.78 is 5.93. The standard InChI is InChI=1S/C23H41NO/c1-4-6-7-8-9-10-11-13-16-22(3)21-25-20-19-24(5-2)23-17-14-12-15-18-23/h12,14-15,17-18,22H,4-11,13,16,19-21H2,1-3H3. The number of benzene rings is 1. The molecule has 0 aliphatic carbocycles. The van der Waals surface area contributed by atoms with E-state index >= 15 is 0 Å². The highest BCUT2D eigenvalue weighted by atomic mass is 16.5. The van der Waals surface area contributed by atoms with Crippen LogP contribution in [0.1, 0.15) is 78.6 Å². The summed E-state index contributed by atoms with van der Waals surface area (Å²) >= 11 is 0. The van der Waals surface area contributed by atoms with Gasteiger partial charge in [0, 0.05) is 25.4 Å². The minimum absolute atomic E-state index is 0.687. The monoisotopic (exact) mass is 347 g/mol. The Morgan fingerprint density at radius 2 is 1.52 bits per heavy atom. The van der Waals surface area contributed by atoms with Crippen molar-refractivity contribution in [2.24, 2.45) is 5.92 Å². The van der Waals surface area contributed by atoms with Gasteiger partial charge in [0.15, 0.2) is 0 Å². The maximum absolute atomic E-state index is 5.93. The lowest BCUT2D eigenvalue weighted by Gasteiger charge is -2.23. The average molecular weight is 348 g/mol. The molecule has 0 bridgehead atoms. The SMILES string of the molecule is CCCCCCCCCCC(C)COCCN(CC)c1ccccc1. The molecule has 144 valence electrons. The summed E-state index contributed by atoms with van der Waals surface area (Å²) in [4.78, 5) is 2.38. The lowest BCUT2D eigenvalue weighted by atomic mass is 10.0. The van der Waals surface area contributed by atoms with Gasteiger partial charge in [-0.3, -0.25) is 0 Å². The fraction of sp³-hybridized carbons (Fsp3) is 0.739. The lowest BCUT2D eigenvalue weighted by molar-refractivity contribution is 0.106. The Morgan fingerprint density at radius 1 is 0.880 bits per heavy atom. The first-order valence-electron chi connectivity index (χ1n) is 10.7. The summed E-state index contributed by atoms with van der Waals surface area (Å²) in [6.07, 6.45) is 12.5. The third-order valence-corrected chi connectivity index (χ3v) is 4.96. The van der Waals surface area contributed by atoms with Gasteiger partial charge < -0.3 is 9.64 Å². The van der Waals surface area contributed by atoms with Crippen molar-refractivity contribution in [1.82, 2.24) is 0 Å². The van der Waals surface area contributed by atoms with Crippen LogP contribution in [0.3, 0.4) is 0 Å². The normalized spacial score (nSPS) is 12.3. The van der Waals surface area contributed by atoms with E-state index in [0.29, 0.717) is 5.92 Å². The molecule has 0 fully saturated rings. The molecule has 2 heteroatoms. The summed E-state index contributed by atoms with van der Waals surface area (Å²) in [7, 11) is 0. The van der Waals surface area contributed by atoms with Gasteiger partial charge >= 0.3 is 0 Å². The number of unbranched alkanes of at least 4 members (excludes halogenated alkanes) is 7. The number of rotatable bonds is 16. The van der Waals surface area contributed by atoms with Crippen molar-refractivity contribution in [2.45, 2.75) is 78.6 Å². The molecule has 0 radical (unpaired) electrons. The number of likely N-dealkylation sites (N-methyl/N-ethyl adjacent to an activating group) is 1. The highest BCUT2D eigenvalue weighted by Gasteiger charge is 2.05. The molecule has 25 heavy (non-hydrogen) atoms. The first-order valence-corrected chi connectivity index (χ1v) is 10.7. The molecular formula is C23H41NO. The van der Waals surface area contributed by atoms with Crippen LogP contribution in [-0.2, 0) is 4.74 Å². The van der Waals surface area contributed by atoms with Crippen LogP contribution in [0.2, 0.25) is 0 Å². The molecule has 0 aliphatic heterocycles. The Labute approximate surface area is 157 Å². The average Bonchev–Trinajstić information content (AvgIpc) is 2.64. The van der Waals surface area contributed by atoms with Gasteiger partial charge in [0.2, 0.25) is 0 Å². The highest BCUT2D eigenvalue weighted by Crippen LogP contribution is 2.14. The van der Waals surface area contributed by atoms with E-state index in [4.69, 9.17) is 4.74 Å². The molecular weight excluding hydrogens is 306 g/mol. The summed E-state index contributed by atoms with van der Waals surface area (Å²) in [5.41, 5.74) is 1.29. The van der Waals surface area contributed by atoms with Gasteiger partial charge in [-0.1, -0.05) is 83.4 Å². The summed E-state index contributed by atoms with van der Waals surface area (Å²) in [5, 5.41) is 0. The van der Waals surface area contributed by atoms with E-state index in [-0.39, 0.29) is 0 Å². The van der Waals surface area contributed by atoms with Crippen molar-refractivity contribution < 1.29 is 4.74 Å². The maximum atomic E-state index is 5.93. The first-order chi connectivity index (χ1) is 12.3. The van der Waals surface area contributed by atoms with Crippen LogP contribution in [0.4, 0.5) is 5.69 Å². The Morgan fingerprint density at radius 3 is 2.16 bits per heavy atom. The Kier molecular flexibility index (Phi) is 13.4. The second-order valence-electron chi connectivity index (χ2n) is 7.36. The molecule has 0 saturated carbocycles. The van der Waals surface area contributed by atoms with Crippen molar-refractivity contribution in [3.8, 4) is 0 Å². The molecule has 0 aliphatic rings. The Hall–Kier alpha value is -1.02. The van der Waals surface area contributed by atoms with Crippen molar-refractivity contribution >= 4 is 5.69 Å². The smallest absolute Gasteiger partial charge is 0.0641 e. The summed E-state index contributed by atoms with van der Waals surface area (Å²) in [5.74, 6) is 0.687. The van der Waals surface area contributed by atoms with E-state index in [0.717, 1.165) is 26.3 Å². The van der Waals surface area contributed by atoms with Crippen LogP contribution in [-0.4, -0.2) is 26.3 Å². The van der Waals surface area contributed by atoms with Gasteiger partial charge in [-0.25, -0.2) is 0 Å². The summed E-state index contributed by atoms with van der Waals surface area (Å²) in [6, 6.07) is 10.6. The van der Waals surface area contributed by atoms with E-state index in [1.54, 1.807) is 0 Å². The van der Waals surface area contributed by atoms with Gasteiger partial charge in [0.1, 0.15) is 0 Å². The molecule has 1 aromatic rings. The largest absolute Gasteiger partial charge is 0.379 e. The Bertz CT molecular complexity index is 392. The third-order valence-electron chi connectivity index (χ3n) is 4.96. The number of ether oxygens (including phenoxy) is 1. The number of nitrogens with zero attached hydrogens (tertiary/aromatic N) is 1. The molecule has 1 rings (SSSR count). The first kappa shape index (κ1) is 22.0. The van der Waals surface area contributed by atoms with E-state index in [2.05, 4.69) is 56.0 Å². The van der Waals surface area contributed by atoms with Gasteiger partial charge in [0.25, 0.3) is 0 Å². The van der Waals surface area contributed by atoms with Gasteiger partial charge in [-0.05, 0) is 31.4 Å². The minimum atomic E-state index is 0.687. The molecule has 0 spiro atoms. The minimum Gasteiger partial charge on any atom is -0.379 e. The molecule has 0 aromatic heterocycles. The third kappa shape index (κ3) is 11.3. The summed E-state index contributed by atoms with van der Waals surface area (Å²) in [6.45, 7) is 10.6. The quantitative estimate of drug-likeness (QED) is 0.309. The molecule has 0 N–H and O–H groups in total. The van der Waals surface area contributed by atoms with Crippen molar-refractivity contribution in [1.29, 1.82) is 0 Å². The maximum Gasteiger partial charge on any atom is 0.0641 e. The van der Waals surface area contributed by atoms with E-state index < -0.39 is 0 Å². The van der Waals surface area contributed by atoms with Gasteiger partial charge in [-0.15, -0.1) is 0 Å². The zero-order valence-electron chi connectivity index (χ0n) is 17.0. The number of hydrogen-bond acceptors (Lipinski definition) is 2. The van der Waals surface area contributed by atoms with Crippen molar-refractivity contribution in [2.75, 3.05) is 31.2 Å². The highest BCUT2D eigenvalue weighted by molar-refractivity contribution is 5.45. The van der Waals surface area contributed by atoms with Gasteiger partial charge in [-0.2, -0.15) is 0 Å². The lowest BCUT2D eigenvalue weighted by Crippen LogP contribution is -2.27. The zero-order valence-corrected chi connectivity index (χ0v) is 17.0. The van der Waals surface area contributed by atoms with Crippen LogP contribution >= 0.6 is 0 Å². The van der Waals surface area contributed by atoms with E-state index in [1.807, 2.05) is 0 Å². The molecule has 2 nitrogen and oxygen atoms in total. The van der Waals surface area contributed by atoms with Crippen molar-refractivity contribution in [3.63, 3.8) is 0 Å². The fourth-order valence-electron chi connectivity index (χ4n) is 3.28.